The molecule has 2 aliphatic heterocycles. The van der Waals surface area contributed by atoms with Crippen LogP contribution in [-0.2, 0) is 11.3 Å². The van der Waals surface area contributed by atoms with Crippen LogP contribution in [-0.4, -0.2) is 45.5 Å². The lowest BCUT2D eigenvalue weighted by Gasteiger charge is -2.35. The fraction of sp³-hybridized carbons (Fsp3) is 0.714. The van der Waals surface area contributed by atoms with Crippen molar-refractivity contribution in [3.63, 3.8) is 0 Å². The molecule has 104 valence electrons. The Hall–Kier alpha value is -1.36. The first-order valence-corrected chi connectivity index (χ1v) is 7.06. The molecule has 0 saturated carbocycles. The molecule has 1 aromatic rings. The second-order valence-corrected chi connectivity index (χ2v) is 6.23. The van der Waals surface area contributed by atoms with Crippen LogP contribution in [0, 0.1) is 11.8 Å². The first-order chi connectivity index (χ1) is 9.09. The zero-order valence-electron chi connectivity index (χ0n) is 11.7. The van der Waals surface area contributed by atoms with E-state index in [1.807, 2.05) is 10.8 Å². The number of hydrogen-bond donors (Lipinski definition) is 1. The van der Waals surface area contributed by atoms with Gasteiger partial charge in [0.25, 0.3) is 0 Å². The highest BCUT2D eigenvalue weighted by molar-refractivity contribution is 5.77. The van der Waals surface area contributed by atoms with Crippen molar-refractivity contribution < 1.29 is 4.79 Å². The number of rotatable bonds is 3. The third kappa shape index (κ3) is 2.16. The normalized spacial score (nSPS) is 28.6. The molecule has 2 aliphatic rings. The van der Waals surface area contributed by atoms with Gasteiger partial charge in [0.1, 0.15) is 0 Å². The van der Waals surface area contributed by atoms with Crippen LogP contribution in [0.3, 0.4) is 0 Å². The molecule has 3 rings (SSSR count). The maximum absolute atomic E-state index is 12.5. The van der Waals surface area contributed by atoms with Crippen LogP contribution in [0.4, 0.5) is 0 Å². The summed E-state index contributed by atoms with van der Waals surface area (Å²) >= 11 is 0. The molecular formula is C14H22N4O. The van der Waals surface area contributed by atoms with Crippen LogP contribution >= 0.6 is 0 Å². The monoisotopic (exact) mass is 262 g/mol. The van der Waals surface area contributed by atoms with Gasteiger partial charge in [0.2, 0.25) is 5.91 Å². The Balaban J connectivity index is 1.64. The van der Waals surface area contributed by atoms with E-state index in [1.54, 1.807) is 12.5 Å². The number of aryl methyl sites for hydroxylation is 1. The number of likely N-dealkylation sites (tertiary alicyclic amines) is 1. The molecule has 0 radical (unpaired) electrons. The fourth-order valence-corrected chi connectivity index (χ4v) is 3.62. The Kier molecular flexibility index (Phi) is 3.09. The van der Waals surface area contributed by atoms with Gasteiger partial charge in [0, 0.05) is 50.5 Å². The molecule has 0 bridgehead atoms. The van der Waals surface area contributed by atoms with E-state index < -0.39 is 0 Å². The summed E-state index contributed by atoms with van der Waals surface area (Å²) in [5, 5.41) is 3.44. The molecular weight excluding hydrogens is 240 g/mol. The molecule has 2 unspecified atom stereocenters. The summed E-state index contributed by atoms with van der Waals surface area (Å²) in [7, 11) is 0. The van der Waals surface area contributed by atoms with Gasteiger partial charge in [-0.05, 0) is 25.7 Å². The van der Waals surface area contributed by atoms with Gasteiger partial charge in [-0.2, -0.15) is 0 Å². The first kappa shape index (κ1) is 12.7. The molecule has 2 fully saturated rings. The van der Waals surface area contributed by atoms with Gasteiger partial charge in [-0.15, -0.1) is 0 Å². The van der Waals surface area contributed by atoms with E-state index in [0.717, 1.165) is 26.2 Å². The molecule has 0 aliphatic carbocycles. The molecule has 1 amide bonds. The van der Waals surface area contributed by atoms with Crippen molar-refractivity contribution >= 4 is 5.91 Å². The summed E-state index contributed by atoms with van der Waals surface area (Å²) in [4.78, 5) is 18.6. The predicted molar refractivity (Wildman–Crippen MR) is 72.5 cm³/mol. The third-order valence-electron chi connectivity index (χ3n) is 4.80. The molecule has 0 spiro atoms. The standard InChI is InChI=1S/C14H22N4O/c1-14(2)12-8-16-7-11(12)9-18(14)13(19)3-5-17-6-4-15-10-17/h4,6,10-12,16H,3,5,7-9H2,1-2H3. The Morgan fingerprint density at radius 1 is 1.47 bits per heavy atom. The molecule has 5 heteroatoms. The molecule has 2 atom stereocenters. The summed E-state index contributed by atoms with van der Waals surface area (Å²) < 4.78 is 1.96. The van der Waals surface area contributed by atoms with Gasteiger partial charge in [-0.3, -0.25) is 4.79 Å². The SMILES string of the molecule is CC1(C)C2CNCC2CN1C(=O)CCn1ccnc1. The number of nitrogens with zero attached hydrogens (tertiary/aromatic N) is 3. The second-order valence-electron chi connectivity index (χ2n) is 6.23. The minimum absolute atomic E-state index is 0.0137. The highest BCUT2D eigenvalue weighted by atomic mass is 16.2. The van der Waals surface area contributed by atoms with Crippen molar-refractivity contribution in [3.05, 3.63) is 18.7 Å². The number of imidazole rings is 1. The number of aromatic nitrogens is 2. The van der Waals surface area contributed by atoms with Gasteiger partial charge < -0.3 is 14.8 Å². The van der Waals surface area contributed by atoms with Crippen LogP contribution in [0.1, 0.15) is 20.3 Å². The fourth-order valence-electron chi connectivity index (χ4n) is 3.62. The number of nitrogens with one attached hydrogen (secondary N) is 1. The highest BCUT2D eigenvalue weighted by Gasteiger charge is 2.50. The summed E-state index contributed by atoms with van der Waals surface area (Å²) in [6.45, 7) is 8.15. The predicted octanol–water partition coefficient (Wildman–Crippen LogP) is 0.730. The maximum atomic E-state index is 12.5. The average molecular weight is 262 g/mol. The first-order valence-electron chi connectivity index (χ1n) is 7.06. The minimum Gasteiger partial charge on any atom is -0.337 e. The Bertz CT molecular complexity index is 454. The van der Waals surface area contributed by atoms with Crippen molar-refractivity contribution in [1.29, 1.82) is 0 Å². The Labute approximate surface area is 114 Å². The third-order valence-corrected chi connectivity index (χ3v) is 4.80. The number of carbonyl (C=O) groups excluding carboxylic acids is 1. The van der Waals surface area contributed by atoms with Gasteiger partial charge in [0.05, 0.1) is 6.33 Å². The lowest BCUT2D eigenvalue weighted by atomic mass is 9.85. The van der Waals surface area contributed by atoms with E-state index in [-0.39, 0.29) is 11.4 Å². The Morgan fingerprint density at radius 3 is 3.00 bits per heavy atom. The molecule has 5 nitrogen and oxygen atoms in total. The second kappa shape index (κ2) is 4.63. The Morgan fingerprint density at radius 2 is 2.32 bits per heavy atom. The van der Waals surface area contributed by atoms with Crippen molar-refractivity contribution in [1.82, 2.24) is 19.8 Å². The van der Waals surface area contributed by atoms with E-state index in [1.165, 1.54) is 0 Å². The summed E-state index contributed by atoms with van der Waals surface area (Å²) in [6, 6.07) is 0. The molecule has 1 aromatic heterocycles. The largest absolute Gasteiger partial charge is 0.337 e. The molecule has 2 saturated heterocycles. The van der Waals surface area contributed by atoms with E-state index in [2.05, 4.69) is 29.0 Å². The number of fused-ring (bicyclic) bond motifs is 1. The minimum atomic E-state index is -0.0137. The van der Waals surface area contributed by atoms with E-state index in [9.17, 15) is 4.79 Å². The van der Waals surface area contributed by atoms with Gasteiger partial charge in [-0.1, -0.05) is 0 Å². The van der Waals surface area contributed by atoms with Crippen LogP contribution in [0.5, 0.6) is 0 Å². The van der Waals surface area contributed by atoms with Crippen molar-refractivity contribution in [3.8, 4) is 0 Å². The van der Waals surface area contributed by atoms with Gasteiger partial charge >= 0.3 is 0 Å². The topological polar surface area (TPSA) is 50.2 Å². The van der Waals surface area contributed by atoms with Crippen LogP contribution in [0.25, 0.3) is 0 Å². The van der Waals surface area contributed by atoms with Crippen molar-refractivity contribution in [2.24, 2.45) is 11.8 Å². The summed E-state index contributed by atoms with van der Waals surface area (Å²) in [5.74, 6) is 1.50. The number of hydrogen-bond acceptors (Lipinski definition) is 3. The maximum Gasteiger partial charge on any atom is 0.224 e. The quantitative estimate of drug-likeness (QED) is 0.873. The van der Waals surface area contributed by atoms with Crippen LogP contribution in [0.2, 0.25) is 0 Å². The molecule has 19 heavy (non-hydrogen) atoms. The van der Waals surface area contributed by atoms with Gasteiger partial charge in [-0.25, -0.2) is 4.98 Å². The lowest BCUT2D eigenvalue weighted by Crippen LogP contribution is -2.47. The molecule has 0 aromatic carbocycles. The molecule has 3 heterocycles. The van der Waals surface area contributed by atoms with E-state index >= 15 is 0 Å². The van der Waals surface area contributed by atoms with E-state index in [0.29, 0.717) is 18.3 Å². The average Bonchev–Trinajstić information content (AvgIpc) is 3.06. The number of carbonyl (C=O) groups is 1. The van der Waals surface area contributed by atoms with Crippen LogP contribution in [0.15, 0.2) is 18.7 Å². The van der Waals surface area contributed by atoms with Crippen molar-refractivity contribution in [2.45, 2.75) is 32.4 Å². The van der Waals surface area contributed by atoms with E-state index in [4.69, 9.17) is 0 Å². The smallest absolute Gasteiger partial charge is 0.224 e. The van der Waals surface area contributed by atoms with Gasteiger partial charge in [0.15, 0.2) is 0 Å². The summed E-state index contributed by atoms with van der Waals surface area (Å²) in [6.07, 6.45) is 5.98. The molecule has 1 N–H and O–H groups in total. The summed E-state index contributed by atoms with van der Waals surface area (Å²) in [5.41, 5.74) is -0.0137. The van der Waals surface area contributed by atoms with Crippen LogP contribution < -0.4 is 5.32 Å². The highest BCUT2D eigenvalue weighted by Crippen LogP contribution is 2.40. The zero-order chi connectivity index (χ0) is 13.5. The van der Waals surface area contributed by atoms with Crippen molar-refractivity contribution in [2.75, 3.05) is 19.6 Å². The lowest BCUT2D eigenvalue weighted by molar-refractivity contribution is -0.135. The number of amides is 1. The zero-order valence-corrected chi connectivity index (χ0v) is 11.7.